The first-order valence-electron chi connectivity index (χ1n) is 3.74. The van der Waals surface area contributed by atoms with Crippen LogP contribution in [0.1, 0.15) is 6.92 Å². The number of amides is 2. The lowest BCUT2D eigenvalue weighted by molar-refractivity contribution is -0.132. The van der Waals surface area contributed by atoms with E-state index in [2.05, 4.69) is 5.32 Å². The SMILES string of the molecule is CC(=O)N1C[C@@H]2NC(=O)[C@H]2C1. The first kappa shape index (κ1) is 6.64. The van der Waals surface area contributed by atoms with Crippen LogP contribution in [0.25, 0.3) is 0 Å². The maximum atomic E-state index is 10.9. The molecule has 2 amide bonds. The van der Waals surface area contributed by atoms with Crippen molar-refractivity contribution in [3.63, 3.8) is 0 Å². The van der Waals surface area contributed by atoms with Gasteiger partial charge >= 0.3 is 0 Å². The molecular formula is C7H10N2O2. The molecule has 2 atom stereocenters. The van der Waals surface area contributed by atoms with Gasteiger partial charge in [0.2, 0.25) is 11.8 Å². The van der Waals surface area contributed by atoms with Gasteiger partial charge in [0, 0.05) is 20.0 Å². The van der Waals surface area contributed by atoms with E-state index < -0.39 is 0 Å². The fourth-order valence-corrected chi connectivity index (χ4v) is 1.67. The lowest BCUT2D eigenvalue weighted by atomic mass is 9.95. The summed E-state index contributed by atoms with van der Waals surface area (Å²) < 4.78 is 0. The van der Waals surface area contributed by atoms with Crippen LogP contribution in [0.4, 0.5) is 0 Å². The van der Waals surface area contributed by atoms with E-state index in [1.54, 1.807) is 4.90 Å². The minimum atomic E-state index is 0.0639. The van der Waals surface area contributed by atoms with Crippen molar-refractivity contribution in [2.45, 2.75) is 13.0 Å². The number of nitrogens with one attached hydrogen (secondary N) is 1. The second kappa shape index (κ2) is 1.96. The number of hydrogen-bond donors (Lipinski definition) is 1. The molecular weight excluding hydrogens is 144 g/mol. The summed E-state index contributed by atoms with van der Waals surface area (Å²) in [6.07, 6.45) is 0. The van der Waals surface area contributed by atoms with E-state index >= 15 is 0 Å². The highest BCUT2D eigenvalue weighted by molar-refractivity contribution is 5.88. The fourth-order valence-electron chi connectivity index (χ4n) is 1.67. The van der Waals surface area contributed by atoms with Crippen molar-refractivity contribution < 1.29 is 9.59 Å². The zero-order chi connectivity index (χ0) is 8.01. The smallest absolute Gasteiger partial charge is 0.227 e. The van der Waals surface area contributed by atoms with Gasteiger partial charge in [-0.3, -0.25) is 9.59 Å². The first-order valence-corrected chi connectivity index (χ1v) is 3.74. The van der Waals surface area contributed by atoms with Crippen LogP contribution < -0.4 is 5.32 Å². The summed E-state index contributed by atoms with van der Waals surface area (Å²) in [7, 11) is 0. The van der Waals surface area contributed by atoms with Gasteiger partial charge < -0.3 is 10.2 Å². The summed E-state index contributed by atoms with van der Waals surface area (Å²) in [5.41, 5.74) is 0. The summed E-state index contributed by atoms with van der Waals surface area (Å²) >= 11 is 0. The first-order chi connectivity index (χ1) is 5.18. The number of carbonyl (C=O) groups excluding carboxylic acids is 2. The van der Waals surface area contributed by atoms with Gasteiger partial charge in [0.1, 0.15) is 0 Å². The van der Waals surface area contributed by atoms with Gasteiger partial charge in [0.25, 0.3) is 0 Å². The number of rotatable bonds is 0. The molecule has 0 unspecified atom stereocenters. The third-order valence-corrected chi connectivity index (χ3v) is 2.43. The van der Waals surface area contributed by atoms with Crippen molar-refractivity contribution in [2.24, 2.45) is 5.92 Å². The number of carbonyl (C=O) groups is 2. The average Bonchev–Trinajstić information content (AvgIpc) is 2.26. The van der Waals surface area contributed by atoms with Crippen LogP contribution in [0.3, 0.4) is 0 Å². The van der Waals surface area contributed by atoms with Gasteiger partial charge in [-0.25, -0.2) is 0 Å². The standard InChI is InChI=1S/C7H10N2O2/c1-4(10)9-2-5-6(3-9)8-7(5)11/h5-6H,2-3H2,1H3,(H,8,11)/t5-,6-/m0/s1. The summed E-state index contributed by atoms with van der Waals surface area (Å²) in [5, 5.41) is 2.76. The Bertz CT molecular complexity index is 226. The molecule has 2 aliphatic heterocycles. The highest BCUT2D eigenvalue weighted by Crippen LogP contribution is 2.24. The van der Waals surface area contributed by atoms with E-state index in [0.717, 1.165) is 0 Å². The Morgan fingerprint density at radius 1 is 1.64 bits per heavy atom. The molecule has 1 N–H and O–H groups in total. The Hall–Kier alpha value is -1.06. The molecule has 11 heavy (non-hydrogen) atoms. The lowest BCUT2D eigenvalue weighted by Crippen LogP contribution is -2.57. The van der Waals surface area contributed by atoms with Crippen LogP contribution >= 0.6 is 0 Å². The molecule has 2 rings (SSSR count). The van der Waals surface area contributed by atoms with E-state index in [-0.39, 0.29) is 23.8 Å². The number of nitrogens with zero attached hydrogens (tertiary/aromatic N) is 1. The Balaban J connectivity index is 2.04. The second-order valence-corrected chi connectivity index (χ2v) is 3.15. The van der Waals surface area contributed by atoms with Gasteiger partial charge in [-0.15, -0.1) is 0 Å². The zero-order valence-electron chi connectivity index (χ0n) is 6.33. The molecule has 0 radical (unpaired) electrons. The second-order valence-electron chi connectivity index (χ2n) is 3.15. The summed E-state index contributed by atoms with van der Waals surface area (Å²) in [5.74, 6) is 0.242. The summed E-state index contributed by atoms with van der Waals surface area (Å²) in [6.45, 7) is 2.85. The van der Waals surface area contributed by atoms with Crippen molar-refractivity contribution >= 4 is 11.8 Å². The predicted octanol–water partition coefficient (Wildman–Crippen LogP) is -1.04. The molecule has 2 heterocycles. The minimum absolute atomic E-state index is 0.0639. The Morgan fingerprint density at radius 2 is 2.36 bits per heavy atom. The summed E-state index contributed by atoms with van der Waals surface area (Å²) in [4.78, 5) is 23.4. The van der Waals surface area contributed by atoms with E-state index in [4.69, 9.17) is 0 Å². The molecule has 0 aliphatic carbocycles. The van der Waals surface area contributed by atoms with E-state index in [1.807, 2.05) is 0 Å². The van der Waals surface area contributed by atoms with Crippen molar-refractivity contribution in [3.8, 4) is 0 Å². The van der Waals surface area contributed by atoms with Crippen LogP contribution in [0, 0.1) is 5.92 Å². The molecule has 4 heteroatoms. The lowest BCUT2D eigenvalue weighted by Gasteiger charge is -2.28. The number of likely N-dealkylation sites (tertiary alicyclic amines) is 1. The Morgan fingerprint density at radius 3 is 2.82 bits per heavy atom. The fraction of sp³-hybridized carbons (Fsp3) is 0.714. The minimum Gasteiger partial charge on any atom is -0.350 e. The van der Waals surface area contributed by atoms with Crippen LogP contribution in [-0.4, -0.2) is 35.8 Å². The van der Waals surface area contributed by atoms with Crippen molar-refractivity contribution in [1.29, 1.82) is 0 Å². The largest absolute Gasteiger partial charge is 0.350 e. The molecule has 2 fully saturated rings. The van der Waals surface area contributed by atoms with Crippen LogP contribution in [-0.2, 0) is 9.59 Å². The number of β-lactam (4-membered cyclic amide) rings is 1. The summed E-state index contributed by atoms with van der Waals surface area (Å²) in [6, 6.07) is 0.242. The molecule has 2 saturated heterocycles. The number of hydrogen-bond acceptors (Lipinski definition) is 2. The normalized spacial score (nSPS) is 34.3. The van der Waals surface area contributed by atoms with E-state index in [1.165, 1.54) is 6.92 Å². The van der Waals surface area contributed by atoms with Gasteiger partial charge in [-0.05, 0) is 0 Å². The van der Waals surface area contributed by atoms with E-state index in [0.29, 0.717) is 13.1 Å². The monoisotopic (exact) mass is 154 g/mol. The highest BCUT2D eigenvalue weighted by Gasteiger charge is 2.46. The third kappa shape index (κ3) is 0.818. The number of fused-ring (bicyclic) bond motifs is 1. The molecule has 2 aliphatic rings. The van der Waals surface area contributed by atoms with Crippen LogP contribution in [0.5, 0.6) is 0 Å². The van der Waals surface area contributed by atoms with E-state index in [9.17, 15) is 9.59 Å². The van der Waals surface area contributed by atoms with Gasteiger partial charge in [-0.1, -0.05) is 0 Å². The highest BCUT2D eigenvalue weighted by atomic mass is 16.2. The average molecular weight is 154 g/mol. The molecule has 0 aromatic carbocycles. The predicted molar refractivity (Wildman–Crippen MR) is 37.7 cm³/mol. The zero-order valence-corrected chi connectivity index (χ0v) is 6.33. The van der Waals surface area contributed by atoms with Gasteiger partial charge in [0.05, 0.1) is 12.0 Å². The quantitative estimate of drug-likeness (QED) is 0.453. The van der Waals surface area contributed by atoms with Gasteiger partial charge in [0.15, 0.2) is 0 Å². The molecule has 60 valence electrons. The molecule has 0 bridgehead atoms. The molecule has 0 aromatic rings. The van der Waals surface area contributed by atoms with Crippen molar-refractivity contribution in [1.82, 2.24) is 10.2 Å². The molecule has 0 saturated carbocycles. The topological polar surface area (TPSA) is 49.4 Å². The Labute approximate surface area is 64.5 Å². The maximum Gasteiger partial charge on any atom is 0.227 e. The maximum absolute atomic E-state index is 10.9. The van der Waals surface area contributed by atoms with Crippen LogP contribution in [0.2, 0.25) is 0 Å². The van der Waals surface area contributed by atoms with Crippen molar-refractivity contribution in [2.75, 3.05) is 13.1 Å². The Kier molecular flexibility index (Phi) is 1.19. The van der Waals surface area contributed by atoms with Crippen molar-refractivity contribution in [3.05, 3.63) is 0 Å². The molecule has 0 aromatic heterocycles. The third-order valence-electron chi connectivity index (χ3n) is 2.43. The van der Waals surface area contributed by atoms with Gasteiger partial charge in [-0.2, -0.15) is 0 Å². The van der Waals surface area contributed by atoms with Crippen LogP contribution in [0.15, 0.2) is 0 Å². The molecule has 4 nitrogen and oxygen atoms in total. The molecule has 0 spiro atoms.